The minimum absolute atomic E-state index is 0.0527. The summed E-state index contributed by atoms with van der Waals surface area (Å²) < 4.78 is 11.1. The molecule has 3 aromatic rings. The van der Waals surface area contributed by atoms with Crippen LogP contribution in [0.4, 0.5) is 5.69 Å². The molecule has 0 aliphatic rings. The number of esters is 1. The Hall–Kier alpha value is -3.60. The van der Waals surface area contributed by atoms with E-state index in [0.717, 1.165) is 17.0 Å². The van der Waals surface area contributed by atoms with Gasteiger partial charge in [-0.15, -0.1) is 0 Å². The summed E-state index contributed by atoms with van der Waals surface area (Å²) in [7, 11) is 0. The van der Waals surface area contributed by atoms with Gasteiger partial charge in [-0.3, -0.25) is 9.59 Å². The van der Waals surface area contributed by atoms with Gasteiger partial charge in [-0.05, 0) is 81.8 Å². The molecule has 0 aliphatic carbocycles. The Labute approximate surface area is 189 Å². The van der Waals surface area contributed by atoms with Crippen LogP contribution in [0.3, 0.4) is 0 Å². The number of hydrogen-bond donors (Lipinski definition) is 1. The normalized spacial score (nSPS) is 12.0. The quantitative estimate of drug-likeness (QED) is 0.273. The first-order valence-electron chi connectivity index (χ1n) is 10.6. The third-order valence-electron chi connectivity index (χ3n) is 4.84. The monoisotopic (exact) mass is 431 g/mol. The molecule has 0 bridgehead atoms. The Balaban J connectivity index is 1.54. The first-order chi connectivity index (χ1) is 15.2. The van der Waals surface area contributed by atoms with Crippen LogP contribution >= 0.6 is 0 Å². The average Bonchev–Trinajstić information content (AvgIpc) is 2.78. The van der Waals surface area contributed by atoms with Crippen LogP contribution in [0.1, 0.15) is 43.6 Å². The van der Waals surface area contributed by atoms with E-state index >= 15 is 0 Å². The number of ether oxygens (including phenoxy) is 2. The molecule has 0 amide bonds. The summed E-state index contributed by atoms with van der Waals surface area (Å²) in [6.07, 6.45) is 0. The van der Waals surface area contributed by atoms with Crippen molar-refractivity contribution in [3.63, 3.8) is 0 Å². The highest BCUT2D eigenvalue weighted by Gasteiger charge is 2.24. The topological polar surface area (TPSA) is 64.6 Å². The summed E-state index contributed by atoms with van der Waals surface area (Å²) >= 11 is 0. The second-order valence-corrected chi connectivity index (χ2v) is 8.69. The number of hydrogen-bond acceptors (Lipinski definition) is 5. The highest BCUT2D eigenvalue weighted by Crippen LogP contribution is 2.21. The molecule has 32 heavy (non-hydrogen) atoms. The number of benzene rings is 3. The molecule has 0 saturated carbocycles. The van der Waals surface area contributed by atoms with Crippen LogP contribution in [-0.2, 0) is 11.4 Å². The molecular formula is C27H29NO4. The number of Topliss-reactive ketones (excluding diaryl/α,β-unsaturated/α-hetero) is 1. The van der Waals surface area contributed by atoms with Crippen LogP contribution < -0.4 is 14.8 Å². The van der Waals surface area contributed by atoms with E-state index in [-0.39, 0.29) is 11.8 Å². The lowest BCUT2D eigenvalue weighted by molar-refractivity contribution is -0.142. The number of anilines is 1. The van der Waals surface area contributed by atoms with E-state index < -0.39 is 11.5 Å². The summed E-state index contributed by atoms with van der Waals surface area (Å²) in [5, 5.41) is 3.22. The van der Waals surface area contributed by atoms with Crippen molar-refractivity contribution < 1.29 is 19.1 Å². The smallest absolute Gasteiger partial charge is 0.316 e. The van der Waals surface area contributed by atoms with Crippen LogP contribution in [0.25, 0.3) is 0 Å². The van der Waals surface area contributed by atoms with Gasteiger partial charge >= 0.3 is 5.97 Å². The molecule has 1 N–H and O–H groups in total. The van der Waals surface area contributed by atoms with Gasteiger partial charge in [0.05, 0.1) is 11.5 Å². The van der Waals surface area contributed by atoms with Crippen molar-refractivity contribution in [3.8, 4) is 11.5 Å². The van der Waals surface area contributed by atoms with Gasteiger partial charge in [0.2, 0.25) is 0 Å². The maximum Gasteiger partial charge on any atom is 0.316 e. The van der Waals surface area contributed by atoms with Crippen LogP contribution in [0.15, 0.2) is 78.9 Å². The van der Waals surface area contributed by atoms with Gasteiger partial charge in [0.1, 0.15) is 18.1 Å². The Bertz CT molecular complexity index is 1040. The fourth-order valence-corrected chi connectivity index (χ4v) is 2.90. The third kappa shape index (κ3) is 6.45. The molecule has 0 spiro atoms. The molecule has 0 aliphatic heterocycles. The zero-order chi connectivity index (χ0) is 23.1. The van der Waals surface area contributed by atoms with Crippen LogP contribution in [-0.4, -0.2) is 17.8 Å². The Morgan fingerprint density at radius 1 is 0.844 bits per heavy atom. The summed E-state index contributed by atoms with van der Waals surface area (Å²) in [6, 6.07) is 23.7. The zero-order valence-electron chi connectivity index (χ0n) is 18.9. The van der Waals surface area contributed by atoms with E-state index in [0.29, 0.717) is 17.9 Å². The molecule has 0 heterocycles. The Morgan fingerprint density at radius 2 is 1.44 bits per heavy atom. The molecule has 0 radical (unpaired) electrons. The van der Waals surface area contributed by atoms with E-state index in [1.807, 2.05) is 61.5 Å². The van der Waals surface area contributed by atoms with Crippen molar-refractivity contribution in [1.82, 2.24) is 0 Å². The lowest BCUT2D eigenvalue weighted by atomic mass is 9.97. The lowest BCUT2D eigenvalue weighted by Gasteiger charge is -2.17. The summed E-state index contributed by atoms with van der Waals surface area (Å²) in [6.45, 7) is 7.70. The van der Waals surface area contributed by atoms with Crippen LogP contribution in [0.5, 0.6) is 11.5 Å². The van der Waals surface area contributed by atoms with E-state index in [2.05, 4.69) is 5.32 Å². The summed E-state index contributed by atoms with van der Waals surface area (Å²) in [4.78, 5) is 24.8. The fraction of sp³-hybridized carbons (Fsp3) is 0.259. The molecule has 3 rings (SSSR count). The fourth-order valence-electron chi connectivity index (χ4n) is 2.90. The Morgan fingerprint density at radius 3 is 2.03 bits per heavy atom. The van der Waals surface area contributed by atoms with E-state index in [9.17, 15) is 9.59 Å². The number of carbonyl (C=O) groups is 2. The second kappa shape index (κ2) is 10.1. The molecule has 3 aromatic carbocycles. The molecule has 0 fully saturated rings. The molecule has 5 nitrogen and oxygen atoms in total. The number of carbonyl (C=O) groups excluding carboxylic acids is 2. The first-order valence-corrected chi connectivity index (χ1v) is 10.6. The summed E-state index contributed by atoms with van der Waals surface area (Å²) in [5.41, 5.74) is 1.89. The maximum atomic E-state index is 12.8. The first kappa shape index (κ1) is 23.1. The van der Waals surface area contributed by atoms with Crippen LogP contribution in [0, 0.1) is 5.41 Å². The highest BCUT2D eigenvalue weighted by molar-refractivity contribution is 6.01. The van der Waals surface area contributed by atoms with Crippen LogP contribution in [0.2, 0.25) is 0 Å². The van der Waals surface area contributed by atoms with E-state index in [1.165, 1.54) is 0 Å². The lowest BCUT2D eigenvalue weighted by Crippen LogP contribution is -2.26. The second-order valence-electron chi connectivity index (χ2n) is 8.69. The molecule has 166 valence electrons. The van der Waals surface area contributed by atoms with Gasteiger partial charge in [-0.2, -0.15) is 0 Å². The van der Waals surface area contributed by atoms with Gasteiger partial charge in [0.15, 0.2) is 5.78 Å². The van der Waals surface area contributed by atoms with Gasteiger partial charge in [-0.25, -0.2) is 0 Å². The third-order valence-corrected chi connectivity index (χ3v) is 4.84. The molecule has 0 saturated heterocycles. The minimum Gasteiger partial charge on any atom is -0.489 e. The van der Waals surface area contributed by atoms with Crippen molar-refractivity contribution in [2.75, 3.05) is 5.32 Å². The molecular weight excluding hydrogens is 402 g/mol. The van der Waals surface area contributed by atoms with Gasteiger partial charge in [-0.1, -0.05) is 30.3 Å². The molecule has 1 atom stereocenters. The molecule has 0 aromatic heterocycles. The van der Waals surface area contributed by atoms with Crippen molar-refractivity contribution >= 4 is 17.4 Å². The number of nitrogens with one attached hydrogen (secondary N) is 1. The molecule has 1 unspecified atom stereocenters. The van der Waals surface area contributed by atoms with Gasteiger partial charge < -0.3 is 14.8 Å². The highest BCUT2D eigenvalue weighted by atomic mass is 16.5. The van der Waals surface area contributed by atoms with Crippen molar-refractivity contribution in [2.45, 2.75) is 40.3 Å². The average molecular weight is 432 g/mol. The van der Waals surface area contributed by atoms with Crippen molar-refractivity contribution in [2.24, 2.45) is 5.41 Å². The van der Waals surface area contributed by atoms with Crippen molar-refractivity contribution in [1.29, 1.82) is 0 Å². The number of ketones is 1. The zero-order valence-corrected chi connectivity index (χ0v) is 18.9. The standard InChI is InChI=1S/C27H29NO4/c1-19(25(29)21-10-14-24(15-11-21)32-26(30)27(2,3)4)28-22-12-16-23(17-13-22)31-18-20-8-6-5-7-9-20/h5-17,19,28H,18H2,1-4H3. The van der Waals surface area contributed by atoms with E-state index in [1.54, 1.807) is 45.0 Å². The van der Waals surface area contributed by atoms with Gasteiger partial charge in [0, 0.05) is 11.3 Å². The predicted octanol–water partition coefficient (Wildman–Crippen LogP) is 5.90. The number of rotatable bonds is 8. The predicted molar refractivity (Wildman–Crippen MR) is 126 cm³/mol. The van der Waals surface area contributed by atoms with E-state index in [4.69, 9.17) is 9.47 Å². The largest absolute Gasteiger partial charge is 0.489 e. The molecule has 5 heteroatoms. The Kier molecular flexibility index (Phi) is 7.31. The van der Waals surface area contributed by atoms with Gasteiger partial charge in [0.25, 0.3) is 0 Å². The SMILES string of the molecule is CC(Nc1ccc(OCc2ccccc2)cc1)C(=O)c1ccc(OC(=O)C(C)(C)C)cc1. The summed E-state index contributed by atoms with van der Waals surface area (Å²) in [5.74, 6) is 0.817. The van der Waals surface area contributed by atoms with Crippen molar-refractivity contribution in [3.05, 3.63) is 90.0 Å². The minimum atomic E-state index is -0.588. The maximum absolute atomic E-state index is 12.8.